The molecule has 0 rings (SSSR count). The van der Waals surface area contributed by atoms with Crippen LogP contribution >= 0.6 is 0 Å². The Kier molecular flexibility index (Phi) is 9.93. The van der Waals surface area contributed by atoms with E-state index in [-0.39, 0.29) is 6.42 Å². The minimum Gasteiger partial charge on any atom is -0.458 e. The van der Waals surface area contributed by atoms with Gasteiger partial charge in [0, 0.05) is 0 Å². The van der Waals surface area contributed by atoms with Crippen LogP contribution in [0, 0.1) is 5.92 Å². The number of ether oxygens (including phenoxy) is 1. The fourth-order valence-corrected chi connectivity index (χ4v) is 2.66. The molecule has 0 fully saturated rings. The highest BCUT2D eigenvalue weighted by Crippen LogP contribution is 2.25. The van der Waals surface area contributed by atoms with Crippen molar-refractivity contribution < 1.29 is 30.0 Å². The quantitative estimate of drug-likeness (QED) is 0.425. The van der Waals surface area contributed by atoms with Gasteiger partial charge in [0.05, 0.1) is 6.10 Å². The minimum absolute atomic E-state index is 0.195. The lowest BCUT2D eigenvalue weighted by Crippen LogP contribution is -2.49. The molecule has 0 aliphatic heterocycles. The number of rotatable bonds is 11. The van der Waals surface area contributed by atoms with Crippen LogP contribution in [0.15, 0.2) is 0 Å². The first-order chi connectivity index (χ1) is 10.6. The molecule has 138 valence electrons. The average molecular weight is 334 g/mol. The second kappa shape index (κ2) is 10.2. The lowest BCUT2D eigenvalue weighted by Gasteiger charge is -2.31. The molecule has 5 unspecified atom stereocenters. The summed E-state index contributed by atoms with van der Waals surface area (Å²) in [7, 11) is 0. The molecule has 0 spiro atoms. The zero-order valence-electron chi connectivity index (χ0n) is 15.0. The second-order valence-electron chi connectivity index (χ2n) is 7.03. The smallest absolute Gasteiger partial charge is 0.338 e. The predicted octanol–water partition coefficient (Wildman–Crippen LogP) is 1.38. The normalized spacial score (nSPS) is 18.8. The number of esters is 1. The van der Waals surface area contributed by atoms with Gasteiger partial charge in [0.15, 0.2) is 6.10 Å². The summed E-state index contributed by atoms with van der Waals surface area (Å²) in [5, 5.41) is 38.8. The fourth-order valence-electron chi connectivity index (χ4n) is 2.66. The van der Waals surface area contributed by atoms with E-state index >= 15 is 0 Å². The maximum absolute atomic E-state index is 12.0. The predicted molar refractivity (Wildman–Crippen MR) is 87.8 cm³/mol. The van der Waals surface area contributed by atoms with Crippen molar-refractivity contribution in [3.8, 4) is 0 Å². The third-order valence-electron chi connectivity index (χ3n) is 3.99. The van der Waals surface area contributed by atoms with Crippen LogP contribution in [0.25, 0.3) is 0 Å². The van der Waals surface area contributed by atoms with Crippen molar-refractivity contribution in [1.82, 2.24) is 0 Å². The molecule has 0 aromatic heterocycles. The summed E-state index contributed by atoms with van der Waals surface area (Å²) in [5.41, 5.74) is -0.779. The summed E-state index contributed by atoms with van der Waals surface area (Å²) < 4.78 is 5.29. The van der Waals surface area contributed by atoms with E-state index in [0.29, 0.717) is 12.3 Å². The molecule has 0 heterocycles. The number of aliphatic hydroxyl groups is 4. The van der Waals surface area contributed by atoms with Gasteiger partial charge in [-0.1, -0.05) is 40.0 Å². The highest BCUT2D eigenvalue weighted by atomic mass is 16.6. The number of hydrogen-bond donors (Lipinski definition) is 4. The van der Waals surface area contributed by atoms with Crippen LogP contribution in [-0.4, -0.2) is 56.4 Å². The SMILES string of the molecule is CCCCC(C)CC(C)(C)OC(=O)C(O)C(O)C(O)C(O)CC. The molecule has 6 heteroatoms. The van der Waals surface area contributed by atoms with Gasteiger partial charge in [-0.3, -0.25) is 0 Å². The first-order valence-electron chi connectivity index (χ1n) is 8.50. The van der Waals surface area contributed by atoms with Crippen LogP contribution in [0.5, 0.6) is 0 Å². The van der Waals surface area contributed by atoms with Crippen molar-refractivity contribution in [1.29, 1.82) is 0 Å². The molecule has 5 atom stereocenters. The van der Waals surface area contributed by atoms with Crippen LogP contribution in [0.1, 0.15) is 66.7 Å². The fraction of sp³-hybridized carbons (Fsp3) is 0.941. The average Bonchev–Trinajstić information content (AvgIpc) is 2.48. The Morgan fingerprint density at radius 1 is 1.09 bits per heavy atom. The molecule has 0 aromatic rings. The molecule has 0 saturated heterocycles. The van der Waals surface area contributed by atoms with Gasteiger partial charge < -0.3 is 25.2 Å². The summed E-state index contributed by atoms with van der Waals surface area (Å²) >= 11 is 0. The Morgan fingerprint density at radius 2 is 1.65 bits per heavy atom. The van der Waals surface area contributed by atoms with Gasteiger partial charge in [-0.05, 0) is 32.6 Å². The molecule has 4 N–H and O–H groups in total. The lowest BCUT2D eigenvalue weighted by molar-refractivity contribution is -0.182. The Hall–Kier alpha value is -0.690. The van der Waals surface area contributed by atoms with E-state index in [2.05, 4.69) is 13.8 Å². The topological polar surface area (TPSA) is 107 Å². The van der Waals surface area contributed by atoms with Gasteiger partial charge in [-0.2, -0.15) is 0 Å². The molecule has 0 aliphatic carbocycles. The van der Waals surface area contributed by atoms with Gasteiger partial charge in [-0.15, -0.1) is 0 Å². The van der Waals surface area contributed by atoms with E-state index in [4.69, 9.17) is 4.74 Å². The van der Waals surface area contributed by atoms with Crippen molar-refractivity contribution in [3.63, 3.8) is 0 Å². The number of unbranched alkanes of at least 4 members (excludes halogenated alkanes) is 1. The van der Waals surface area contributed by atoms with Crippen molar-refractivity contribution in [2.45, 2.75) is 96.7 Å². The van der Waals surface area contributed by atoms with E-state index in [1.165, 1.54) is 0 Å². The van der Waals surface area contributed by atoms with E-state index in [1.807, 2.05) is 0 Å². The van der Waals surface area contributed by atoms with Gasteiger partial charge in [-0.25, -0.2) is 4.79 Å². The molecule has 0 bridgehead atoms. The maximum atomic E-state index is 12.0. The highest BCUT2D eigenvalue weighted by molar-refractivity contribution is 5.75. The molecule has 0 aliphatic rings. The van der Waals surface area contributed by atoms with Crippen molar-refractivity contribution in [2.24, 2.45) is 5.92 Å². The van der Waals surface area contributed by atoms with Crippen molar-refractivity contribution >= 4 is 5.97 Å². The molecular formula is C17H34O6. The number of carbonyl (C=O) groups excluding carboxylic acids is 1. The number of carbonyl (C=O) groups is 1. The first kappa shape index (κ1) is 22.3. The molecule has 0 amide bonds. The van der Waals surface area contributed by atoms with E-state index in [9.17, 15) is 25.2 Å². The Labute approximate surface area is 139 Å². The zero-order chi connectivity index (χ0) is 18.2. The van der Waals surface area contributed by atoms with Gasteiger partial charge in [0.25, 0.3) is 0 Å². The van der Waals surface area contributed by atoms with Gasteiger partial charge in [0.1, 0.15) is 17.8 Å². The monoisotopic (exact) mass is 334 g/mol. The molecule has 0 radical (unpaired) electrons. The molecule has 0 aromatic carbocycles. The van der Waals surface area contributed by atoms with E-state index in [1.54, 1.807) is 20.8 Å². The van der Waals surface area contributed by atoms with E-state index in [0.717, 1.165) is 19.3 Å². The molecule has 6 nitrogen and oxygen atoms in total. The van der Waals surface area contributed by atoms with Crippen molar-refractivity contribution in [3.05, 3.63) is 0 Å². The Bertz CT molecular complexity index is 344. The molecule has 0 saturated carbocycles. The Balaban J connectivity index is 4.59. The van der Waals surface area contributed by atoms with Crippen LogP contribution in [0.3, 0.4) is 0 Å². The Morgan fingerprint density at radius 3 is 2.13 bits per heavy atom. The molecule has 23 heavy (non-hydrogen) atoms. The van der Waals surface area contributed by atoms with Crippen LogP contribution in [0.4, 0.5) is 0 Å². The summed E-state index contributed by atoms with van der Waals surface area (Å²) in [6, 6.07) is 0. The van der Waals surface area contributed by atoms with Gasteiger partial charge >= 0.3 is 5.97 Å². The summed E-state index contributed by atoms with van der Waals surface area (Å²) in [5.74, 6) is -0.625. The summed E-state index contributed by atoms with van der Waals surface area (Å²) in [6.45, 7) is 9.32. The third kappa shape index (κ3) is 8.11. The summed E-state index contributed by atoms with van der Waals surface area (Å²) in [4.78, 5) is 12.0. The van der Waals surface area contributed by atoms with Crippen LogP contribution < -0.4 is 0 Å². The van der Waals surface area contributed by atoms with E-state index < -0.39 is 36.0 Å². The number of aliphatic hydroxyl groups excluding tert-OH is 4. The van der Waals surface area contributed by atoms with Crippen molar-refractivity contribution in [2.75, 3.05) is 0 Å². The minimum atomic E-state index is -1.89. The third-order valence-corrected chi connectivity index (χ3v) is 3.99. The van der Waals surface area contributed by atoms with Gasteiger partial charge in [0.2, 0.25) is 0 Å². The van der Waals surface area contributed by atoms with Crippen LogP contribution in [0.2, 0.25) is 0 Å². The van der Waals surface area contributed by atoms with Crippen LogP contribution in [-0.2, 0) is 9.53 Å². The standard InChI is InChI=1S/C17H34O6/c1-6-8-9-11(3)10-17(4,5)23-16(22)15(21)14(20)13(19)12(18)7-2/h11-15,18-21H,6-10H2,1-5H3. The highest BCUT2D eigenvalue weighted by Gasteiger charge is 2.37. The zero-order valence-corrected chi connectivity index (χ0v) is 15.0. The lowest BCUT2D eigenvalue weighted by atomic mass is 9.91. The maximum Gasteiger partial charge on any atom is 0.338 e. The second-order valence-corrected chi connectivity index (χ2v) is 7.03. The number of hydrogen-bond acceptors (Lipinski definition) is 6. The summed E-state index contributed by atoms with van der Waals surface area (Å²) in [6.07, 6.45) is -2.42. The largest absolute Gasteiger partial charge is 0.458 e. The first-order valence-corrected chi connectivity index (χ1v) is 8.50. The molecular weight excluding hydrogens is 300 g/mol.